The topological polar surface area (TPSA) is 105 Å². The van der Waals surface area contributed by atoms with E-state index in [2.05, 4.69) is 11.9 Å². The lowest BCUT2D eigenvalue weighted by Crippen LogP contribution is -2.35. The fourth-order valence-electron chi connectivity index (χ4n) is 4.21. The first-order valence-electron chi connectivity index (χ1n) is 12.8. The van der Waals surface area contributed by atoms with Gasteiger partial charge in [-0.25, -0.2) is 0 Å². The van der Waals surface area contributed by atoms with E-state index in [9.17, 15) is 19.5 Å². The number of rotatable bonds is 14. The smallest absolute Gasteiger partial charge is 0.305 e. The molecule has 2 N–H and O–H groups in total. The van der Waals surface area contributed by atoms with Crippen LogP contribution in [0.5, 0.6) is 11.5 Å². The Kier molecular flexibility index (Phi) is 10.7. The van der Waals surface area contributed by atoms with Gasteiger partial charge in [0.1, 0.15) is 0 Å². The number of hydrogen-bond acceptors (Lipinski definition) is 5. The Bertz CT molecular complexity index is 1320. The molecule has 8 heteroatoms. The van der Waals surface area contributed by atoms with Gasteiger partial charge in [-0.05, 0) is 54.3 Å². The SMILES string of the molecule is C=CCNC(=O)c1ccccc1-c1ccccc1C(=O)N(CCC(=O)O)CCc1ccc(OC)c(OCC)c1. The molecule has 0 fully saturated rings. The number of carbonyl (C=O) groups excluding carboxylic acids is 2. The van der Waals surface area contributed by atoms with Gasteiger partial charge in [-0.1, -0.05) is 48.5 Å². The zero-order valence-corrected chi connectivity index (χ0v) is 22.3. The average molecular weight is 531 g/mol. The molecule has 0 saturated carbocycles. The lowest BCUT2D eigenvalue weighted by atomic mass is 9.94. The van der Waals surface area contributed by atoms with Gasteiger partial charge in [0.2, 0.25) is 0 Å². The summed E-state index contributed by atoms with van der Waals surface area (Å²) in [7, 11) is 1.57. The first-order chi connectivity index (χ1) is 18.9. The van der Waals surface area contributed by atoms with E-state index in [0.29, 0.717) is 59.9 Å². The van der Waals surface area contributed by atoms with Gasteiger partial charge < -0.3 is 24.8 Å². The molecule has 0 atom stereocenters. The van der Waals surface area contributed by atoms with Crippen LogP contribution in [-0.2, 0) is 11.2 Å². The van der Waals surface area contributed by atoms with Crippen LogP contribution in [0.3, 0.4) is 0 Å². The lowest BCUT2D eigenvalue weighted by Gasteiger charge is -2.24. The Morgan fingerprint density at radius 2 is 1.62 bits per heavy atom. The summed E-state index contributed by atoms with van der Waals surface area (Å²) in [6.07, 6.45) is 1.89. The highest BCUT2D eigenvalue weighted by Crippen LogP contribution is 2.30. The van der Waals surface area contributed by atoms with E-state index in [1.807, 2.05) is 31.2 Å². The fourth-order valence-corrected chi connectivity index (χ4v) is 4.21. The van der Waals surface area contributed by atoms with Crippen molar-refractivity contribution >= 4 is 17.8 Å². The first-order valence-corrected chi connectivity index (χ1v) is 12.8. The normalized spacial score (nSPS) is 10.4. The number of ether oxygens (including phenoxy) is 2. The van der Waals surface area contributed by atoms with Gasteiger partial charge in [0.25, 0.3) is 11.8 Å². The van der Waals surface area contributed by atoms with Crippen molar-refractivity contribution in [1.82, 2.24) is 10.2 Å². The number of carbonyl (C=O) groups is 3. The van der Waals surface area contributed by atoms with E-state index < -0.39 is 5.97 Å². The number of nitrogens with one attached hydrogen (secondary N) is 1. The fraction of sp³-hybridized carbons (Fsp3) is 0.258. The molecule has 0 unspecified atom stereocenters. The van der Waals surface area contributed by atoms with E-state index in [4.69, 9.17) is 9.47 Å². The minimum absolute atomic E-state index is 0.0401. The predicted octanol–water partition coefficient (Wildman–Crippen LogP) is 4.84. The van der Waals surface area contributed by atoms with Gasteiger partial charge in [0.15, 0.2) is 11.5 Å². The highest BCUT2D eigenvalue weighted by Gasteiger charge is 2.22. The van der Waals surface area contributed by atoms with Gasteiger partial charge in [-0.2, -0.15) is 0 Å². The van der Waals surface area contributed by atoms with Crippen LogP contribution in [0.2, 0.25) is 0 Å². The maximum Gasteiger partial charge on any atom is 0.305 e. The lowest BCUT2D eigenvalue weighted by molar-refractivity contribution is -0.137. The van der Waals surface area contributed by atoms with Crippen LogP contribution >= 0.6 is 0 Å². The monoisotopic (exact) mass is 530 g/mol. The maximum absolute atomic E-state index is 13.9. The quantitative estimate of drug-likeness (QED) is 0.289. The number of carboxylic acids is 1. The van der Waals surface area contributed by atoms with Crippen LogP contribution < -0.4 is 14.8 Å². The number of benzene rings is 3. The number of hydrogen-bond donors (Lipinski definition) is 2. The number of carboxylic acid groups (broad SMARTS) is 1. The van der Waals surface area contributed by atoms with Crippen molar-refractivity contribution < 1.29 is 29.0 Å². The predicted molar refractivity (Wildman–Crippen MR) is 150 cm³/mol. The van der Waals surface area contributed by atoms with Crippen molar-refractivity contribution in [1.29, 1.82) is 0 Å². The molecule has 3 rings (SSSR count). The Morgan fingerprint density at radius 3 is 2.26 bits per heavy atom. The number of nitrogens with zero attached hydrogens (tertiary/aromatic N) is 1. The number of methoxy groups -OCH3 is 1. The molecule has 8 nitrogen and oxygen atoms in total. The van der Waals surface area contributed by atoms with Gasteiger partial charge in [-0.3, -0.25) is 14.4 Å². The maximum atomic E-state index is 13.9. The molecule has 39 heavy (non-hydrogen) atoms. The molecule has 0 bridgehead atoms. The average Bonchev–Trinajstić information content (AvgIpc) is 2.95. The number of aliphatic carboxylic acids is 1. The summed E-state index contributed by atoms with van der Waals surface area (Å²) >= 11 is 0. The first kappa shape index (κ1) is 29.0. The molecule has 0 saturated heterocycles. The molecule has 2 amide bonds. The van der Waals surface area contributed by atoms with Gasteiger partial charge in [-0.15, -0.1) is 6.58 Å². The van der Waals surface area contributed by atoms with Gasteiger partial charge in [0, 0.05) is 30.8 Å². The van der Waals surface area contributed by atoms with Crippen molar-refractivity contribution in [2.24, 2.45) is 0 Å². The van der Waals surface area contributed by atoms with Crippen LogP contribution in [0.15, 0.2) is 79.4 Å². The molecule has 3 aromatic carbocycles. The van der Waals surface area contributed by atoms with Crippen LogP contribution in [0.1, 0.15) is 39.6 Å². The van der Waals surface area contributed by atoms with Crippen molar-refractivity contribution in [2.45, 2.75) is 19.8 Å². The summed E-state index contributed by atoms with van der Waals surface area (Å²) < 4.78 is 11.0. The molecule has 204 valence electrons. The number of amides is 2. The molecule has 0 spiro atoms. The van der Waals surface area contributed by atoms with E-state index in [1.54, 1.807) is 55.7 Å². The largest absolute Gasteiger partial charge is 0.493 e. The van der Waals surface area contributed by atoms with E-state index in [1.165, 1.54) is 4.90 Å². The minimum atomic E-state index is -0.992. The Morgan fingerprint density at radius 1 is 0.949 bits per heavy atom. The van der Waals surface area contributed by atoms with E-state index in [0.717, 1.165) is 5.56 Å². The molecular weight excluding hydrogens is 496 g/mol. The molecule has 0 aliphatic carbocycles. The Labute approximate surface area is 228 Å². The third-order valence-corrected chi connectivity index (χ3v) is 6.11. The third-order valence-electron chi connectivity index (χ3n) is 6.11. The van der Waals surface area contributed by atoms with Crippen molar-refractivity contribution in [3.05, 3.63) is 96.1 Å². The van der Waals surface area contributed by atoms with Crippen LogP contribution in [-0.4, -0.2) is 61.1 Å². The molecule has 0 aromatic heterocycles. The summed E-state index contributed by atoms with van der Waals surface area (Å²) in [6, 6.07) is 19.7. The Balaban J connectivity index is 1.93. The highest BCUT2D eigenvalue weighted by molar-refractivity contribution is 6.06. The second kappa shape index (κ2) is 14.4. The summed E-state index contributed by atoms with van der Waals surface area (Å²) in [5.74, 6) is -0.359. The zero-order chi connectivity index (χ0) is 28.2. The van der Waals surface area contributed by atoms with Crippen molar-refractivity contribution in [2.75, 3.05) is 33.4 Å². The molecule has 3 aromatic rings. The van der Waals surface area contributed by atoms with Crippen LogP contribution in [0.4, 0.5) is 0 Å². The van der Waals surface area contributed by atoms with E-state index in [-0.39, 0.29) is 24.8 Å². The highest BCUT2D eigenvalue weighted by atomic mass is 16.5. The van der Waals surface area contributed by atoms with Crippen molar-refractivity contribution in [3.63, 3.8) is 0 Å². The molecule has 0 aliphatic heterocycles. The third kappa shape index (κ3) is 7.70. The molecule has 0 radical (unpaired) electrons. The van der Waals surface area contributed by atoms with E-state index >= 15 is 0 Å². The van der Waals surface area contributed by atoms with Gasteiger partial charge in [0.05, 0.1) is 20.1 Å². The summed E-state index contributed by atoms with van der Waals surface area (Å²) in [4.78, 5) is 39.6. The second-order valence-electron chi connectivity index (χ2n) is 8.69. The standard InChI is InChI=1S/C31H34N2O6/c1-4-18-32-30(36)25-12-8-6-10-23(25)24-11-7-9-13-26(24)31(37)33(20-17-29(34)35)19-16-22-14-15-27(38-3)28(21-22)39-5-2/h4,6-15,21H,1,5,16-20H2,2-3H3,(H,32,36)(H,34,35). The summed E-state index contributed by atoms with van der Waals surface area (Å²) in [6.45, 7) is 6.64. The molecule has 0 aliphatic rings. The second-order valence-corrected chi connectivity index (χ2v) is 8.69. The summed E-state index contributed by atoms with van der Waals surface area (Å²) in [5, 5.41) is 12.1. The molecular formula is C31H34N2O6. The Hall–Kier alpha value is -4.59. The van der Waals surface area contributed by atoms with Crippen LogP contribution in [0.25, 0.3) is 11.1 Å². The van der Waals surface area contributed by atoms with Crippen LogP contribution in [0, 0.1) is 0 Å². The van der Waals surface area contributed by atoms with Gasteiger partial charge >= 0.3 is 5.97 Å². The summed E-state index contributed by atoms with van der Waals surface area (Å²) in [5.41, 5.74) is 2.94. The minimum Gasteiger partial charge on any atom is -0.493 e. The molecule has 0 heterocycles. The zero-order valence-electron chi connectivity index (χ0n) is 22.3. The van der Waals surface area contributed by atoms with Crippen molar-refractivity contribution in [3.8, 4) is 22.6 Å².